The summed E-state index contributed by atoms with van der Waals surface area (Å²) in [6.07, 6.45) is -1.69. The maximum atomic E-state index is 11.6. The van der Waals surface area contributed by atoms with Crippen LogP contribution in [0.15, 0.2) is 36.2 Å². The molecule has 1 aromatic heterocycles. The molecule has 0 saturated heterocycles. The number of carbonyl (C=O) groups excluding carboxylic acids is 1. The van der Waals surface area contributed by atoms with Crippen LogP contribution >= 0.6 is 0 Å². The van der Waals surface area contributed by atoms with Gasteiger partial charge in [-0.05, 0) is 18.2 Å². The molecule has 0 aromatic carbocycles. The second-order valence-electron chi connectivity index (χ2n) is 5.67. The van der Waals surface area contributed by atoms with E-state index < -0.39 is 54.5 Å². The highest BCUT2D eigenvalue weighted by Gasteiger charge is 2.44. The number of nitrogens with one attached hydrogen (secondary N) is 1. The molecule has 9 heteroatoms. The molecule has 9 nitrogen and oxygen atoms in total. The van der Waals surface area contributed by atoms with Crippen molar-refractivity contribution in [2.24, 2.45) is 0 Å². The summed E-state index contributed by atoms with van der Waals surface area (Å²) in [6, 6.07) is 4.13. The Bertz CT molecular complexity index is 649. The number of carbonyl (C=O) groups is 2. The van der Waals surface area contributed by atoms with Crippen LogP contribution in [0, 0.1) is 0 Å². The van der Waals surface area contributed by atoms with Crippen LogP contribution in [0.4, 0.5) is 0 Å². The van der Waals surface area contributed by atoms with Gasteiger partial charge in [0.05, 0.1) is 12.6 Å². The highest BCUT2D eigenvalue weighted by Crippen LogP contribution is 2.32. The Kier molecular flexibility index (Phi) is 6.07. The van der Waals surface area contributed by atoms with E-state index in [-0.39, 0.29) is 0 Å². The van der Waals surface area contributed by atoms with Gasteiger partial charge in [0.1, 0.15) is 18.3 Å². The molecule has 5 N–H and O–H groups in total. The number of hydrogen-bond acceptors (Lipinski definition) is 7. The summed E-state index contributed by atoms with van der Waals surface area (Å²) in [5, 5.41) is 40.9. The van der Waals surface area contributed by atoms with Gasteiger partial charge in [-0.15, -0.1) is 0 Å². The molecular formula is C16H20N2O7. The Morgan fingerprint density at radius 3 is 2.60 bits per heavy atom. The first-order valence-corrected chi connectivity index (χ1v) is 7.62. The average molecular weight is 352 g/mol. The zero-order valence-electron chi connectivity index (χ0n) is 13.4. The van der Waals surface area contributed by atoms with Crippen LogP contribution < -0.4 is 5.32 Å². The molecule has 2 unspecified atom stereocenters. The second kappa shape index (κ2) is 8.06. The zero-order valence-corrected chi connectivity index (χ0v) is 13.4. The van der Waals surface area contributed by atoms with Crippen LogP contribution in [0.5, 0.6) is 0 Å². The molecule has 25 heavy (non-hydrogen) atoms. The van der Waals surface area contributed by atoms with Gasteiger partial charge in [0.25, 0.3) is 0 Å². The molecule has 0 fully saturated rings. The monoisotopic (exact) mass is 352 g/mol. The summed E-state index contributed by atoms with van der Waals surface area (Å²) >= 11 is 0. The predicted octanol–water partition coefficient (Wildman–Crippen LogP) is -1.25. The van der Waals surface area contributed by atoms with Crippen molar-refractivity contribution >= 4 is 11.9 Å². The standard InChI is InChI=1S/C16H20N2O7/c1-8(20)18-13-9(10-4-2-3-5-17-10)6-12(16(23)24)25-15(13)14(22)11(21)7-19/h2-6,9,11,13-15,19,21-22H,7H2,1H3,(H,18,20)(H,23,24)/t9?,11-,13+,14-,15?/m1/s1. The highest BCUT2D eigenvalue weighted by molar-refractivity contribution is 5.85. The third kappa shape index (κ3) is 4.32. The van der Waals surface area contributed by atoms with Gasteiger partial charge in [0.2, 0.25) is 11.7 Å². The summed E-state index contributed by atoms with van der Waals surface area (Å²) in [4.78, 5) is 27.1. The van der Waals surface area contributed by atoms with Crippen LogP contribution in [0.25, 0.3) is 0 Å². The van der Waals surface area contributed by atoms with E-state index in [2.05, 4.69) is 10.3 Å². The fourth-order valence-electron chi connectivity index (χ4n) is 2.71. The largest absolute Gasteiger partial charge is 0.478 e. The van der Waals surface area contributed by atoms with Crippen molar-refractivity contribution in [3.63, 3.8) is 0 Å². The first-order chi connectivity index (χ1) is 11.8. The summed E-state index contributed by atoms with van der Waals surface area (Å²) in [5.41, 5.74) is 0.457. The minimum atomic E-state index is -1.63. The van der Waals surface area contributed by atoms with Gasteiger partial charge in [-0.3, -0.25) is 9.78 Å². The molecule has 0 radical (unpaired) electrons. The van der Waals surface area contributed by atoms with Crippen LogP contribution in [-0.2, 0) is 14.3 Å². The summed E-state index contributed by atoms with van der Waals surface area (Å²) in [5.74, 6) is -2.95. The van der Waals surface area contributed by atoms with E-state index in [4.69, 9.17) is 9.84 Å². The number of hydrogen-bond donors (Lipinski definition) is 5. The smallest absolute Gasteiger partial charge is 0.370 e. The SMILES string of the molecule is CC(=O)N[C@H]1C(c2ccccn2)C=C(C(=O)O)OC1[C@H](O)[C@H](O)CO. The summed E-state index contributed by atoms with van der Waals surface area (Å²) in [7, 11) is 0. The highest BCUT2D eigenvalue weighted by atomic mass is 16.5. The van der Waals surface area contributed by atoms with Crippen LogP contribution in [-0.4, -0.2) is 68.2 Å². The van der Waals surface area contributed by atoms with Gasteiger partial charge in [0.15, 0.2) is 0 Å². The number of aliphatic hydroxyl groups excluding tert-OH is 3. The third-order valence-corrected chi connectivity index (χ3v) is 3.86. The number of pyridine rings is 1. The summed E-state index contributed by atoms with van der Waals surface area (Å²) in [6.45, 7) is 0.506. The van der Waals surface area contributed by atoms with Gasteiger partial charge in [-0.2, -0.15) is 0 Å². The van der Waals surface area contributed by atoms with Crippen LogP contribution in [0.3, 0.4) is 0 Å². The molecule has 1 aliphatic rings. The molecule has 1 aliphatic heterocycles. The Balaban J connectivity index is 2.49. The lowest BCUT2D eigenvalue weighted by molar-refractivity contribution is -0.146. The van der Waals surface area contributed by atoms with Crippen molar-refractivity contribution in [1.82, 2.24) is 10.3 Å². The Labute approximate surface area is 143 Å². The lowest BCUT2D eigenvalue weighted by Crippen LogP contribution is -2.57. The lowest BCUT2D eigenvalue weighted by Gasteiger charge is -2.39. The fourth-order valence-corrected chi connectivity index (χ4v) is 2.71. The fraction of sp³-hybridized carbons (Fsp3) is 0.438. The van der Waals surface area contributed by atoms with Gasteiger partial charge < -0.3 is 30.5 Å². The number of aliphatic hydroxyl groups is 3. The number of nitrogens with zero attached hydrogens (tertiary/aromatic N) is 1. The Hall–Kier alpha value is -2.49. The van der Waals surface area contributed by atoms with Gasteiger partial charge in [-0.1, -0.05) is 6.07 Å². The number of rotatable bonds is 6. The van der Waals surface area contributed by atoms with Crippen molar-refractivity contribution in [2.75, 3.05) is 6.61 Å². The Morgan fingerprint density at radius 1 is 1.36 bits per heavy atom. The molecule has 0 bridgehead atoms. The number of aliphatic carboxylic acids is 1. The van der Waals surface area contributed by atoms with Gasteiger partial charge >= 0.3 is 5.97 Å². The molecule has 2 heterocycles. The van der Waals surface area contributed by atoms with Gasteiger partial charge in [-0.25, -0.2) is 4.79 Å². The molecule has 5 atom stereocenters. The van der Waals surface area contributed by atoms with Crippen molar-refractivity contribution in [2.45, 2.75) is 37.2 Å². The number of carboxylic acids is 1. The van der Waals surface area contributed by atoms with E-state index in [1.165, 1.54) is 19.2 Å². The minimum absolute atomic E-state index is 0.433. The molecular weight excluding hydrogens is 332 g/mol. The number of ether oxygens (including phenoxy) is 1. The van der Waals surface area contributed by atoms with E-state index in [9.17, 15) is 24.9 Å². The van der Waals surface area contributed by atoms with E-state index in [1.807, 2.05) is 0 Å². The summed E-state index contributed by atoms with van der Waals surface area (Å²) < 4.78 is 5.30. The van der Waals surface area contributed by atoms with Crippen LogP contribution in [0.1, 0.15) is 18.5 Å². The first kappa shape index (κ1) is 18.8. The topological polar surface area (TPSA) is 149 Å². The molecule has 136 valence electrons. The predicted molar refractivity (Wildman–Crippen MR) is 84.3 cm³/mol. The molecule has 0 spiro atoms. The van der Waals surface area contributed by atoms with Gasteiger partial charge in [0, 0.05) is 24.7 Å². The lowest BCUT2D eigenvalue weighted by atomic mass is 9.85. The molecule has 0 saturated carbocycles. The average Bonchev–Trinajstić information content (AvgIpc) is 2.60. The van der Waals surface area contributed by atoms with E-state index in [0.29, 0.717) is 5.69 Å². The van der Waals surface area contributed by atoms with Crippen molar-refractivity contribution in [1.29, 1.82) is 0 Å². The van der Waals surface area contributed by atoms with E-state index >= 15 is 0 Å². The maximum absolute atomic E-state index is 11.6. The zero-order chi connectivity index (χ0) is 18.6. The molecule has 0 aliphatic carbocycles. The first-order valence-electron chi connectivity index (χ1n) is 7.62. The quantitative estimate of drug-likeness (QED) is 0.426. The normalized spacial score (nSPS) is 25.3. The van der Waals surface area contributed by atoms with E-state index in [0.717, 1.165) is 0 Å². The van der Waals surface area contributed by atoms with Crippen LogP contribution in [0.2, 0.25) is 0 Å². The minimum Gasteiger partial charge on any atom is -0.478 e. The number of amides is 1. The molecule has 1 aromatic rings. The molecule has 2 rings (SSSR count). The second-order valence-corrected chi connectivity index (χ2v) is 5.67. The molecule has 1 amide bonds. The number of aromatic nitrogens is 1. The Morgan fingerprint density at radius 2 is 2.08 bits per heavy atom. The van der Waals surface area contributed by atoms with Crippen molar-refractivity contribution in [3.8, 4) is 0 Å². The number of carboxylic acid groups (broad SMARTS) is 1. The maximum Gasteiger partial charge on any atom is 0.370 e. The third-order valence-electron chi connectivity index (χ3n) is 3.86. The van der Waals surface area contributed by atoms with Crippen molar-refractivity contribution in [3.05, 3.63) is 41.9 Å². The van der Waals surface area contributed by atoms with Crippen molar-refractivity contribution < 1.29 is 34.8 Å². The van der Waals surface area contributed by atoms with E-state index in [1.54, 1.807) is 18.2 Å².